The van der Waals surface area contributed by atoms with Crippen LogP contribution in [-0.4, -0.2) is 42.8 Å². The fourth-order valence-electron chi connectivity index (χ4n) is 2.87. The monoisotopic (exact) mass is 353 g/mol. The van der Waals surface area contributed by atoms with Crippen LogP contribution in [0.2, 0.25) is 0 Å². The zero-order valence-corrected chi connectivity index (χ0v) is 14.0. The summed E-state index contributed by atoms with van der Waals surface area (Å²) in [5, 5.41) is 16.6. The van der Waals surface area contributed by atoms with Gasteiger partial charge < -0.3 is 20.7 Å². The largest absolute Gasteiger partial charge is 0.393 e. The molecule has 3 heterocycles. The predicted molar refractivity (Wildman–Crippen MR) is 94.1 cm³/mol. The van der Waals surface area contributed by atoms with Gasteiger partial charge >= 0.3 is 0 Å². The average molecular weight is 353 g/mol. The van der Waals surface area contributed by atoms with E-state index in [1.165, 1.54) is 0 Å². The average Bonchev–Trinajstić information content (AvgIpc) is 3.08. The van der Waals surface area contributed by atoms with Crippen molar-refractivity contribution in [3.05, 3.63) is 42.0 Å². The molecule has 0 atom stereocenters. The minimum Gasteiger partial charge on any atom is -0.393 e. The molecule has 26 heavy (non-hydrogen) atoms. The number of pyridine rings is 1. The van der Waals surface area contributed by atoms with E-state index in [0.717, 1.165) is 5.69 Å². The number of aromatic nitrogens is 5. The van der Waals surface area contributed by atoms with Crippen molar-refractivity contribution >= 4 is 11.8 Å². The van der Waals surface area contributed by atoms with E-state index in [1.807, 2.05) is 24.3 Å². The van der Waals surface area contributed by atoms with E-state index in [4.69, 9.17) is 10.3 Å². The number of hydrogen-bond donors (Lipinski definition) is 3. The Morgan fingerprint density at radius 3 is 2.88 bits per heavy atom. The molecule has 134 valence electrons. The number of nitrogen functional groups attached to an aromatic ring is 1. The summed E-state index contributed by atoms with van der Waals surface area (Å²) >= 11 is 0. The predicted octanol–water partition coefficient (Wildman–Crippen LogP) is 1.40. The van der Waals surface area contributed by atoms with Gasteiger partial charge in [-0.25, -0.2) is 4.98 Å². The first kappa shape index (κ1) is 16.4. The maximum absolute atomic E-state index is 9.45. The van der Waals surface area contributed by atoms with E-state index in [2.05, 4.69) is 30.4 Å². The minimum absolute atomic E-state index is 0.224. The summed E-state index contributed by atoms with van der Waals surface area (Å²) < 4.78 is 5.25. The fourth-order valence-corrected chi connectivity index (χ4v) is 2.87. The van der Waals surface area contributed by atoms with Gasteiger partial charge in [0.1, 0.15) is 11.5 Å². The molecule has 3 aromatic rings. The van der Waals surface area contributed by atoms with E-state index in [9.17, 15) is 5.11 Å². The van der Waals surface area contributed by atoms with Crippen molar-refractivity contribution < 1.29 is 9.63 Å². The van der Waals surface area contributed by atoms with Crippen LogP contribution in [0.4, 0.5) is 11.8 Å². The number of aliphatic hydroxyl groups is 1. The summed E-state index contributed by atoms with van der Waals surface area (Å²) in [7, 11) is 0. The molecule has 0 bridgehead atoms. The highest BCUT2D eigenvalue weighted by atomic mass is 16.5. The molecular weight excluding hydrogens is 334 g/mol. The third kappa shape index (κ3) is 3.62. The van der Waals surface area contributed by atoms with Crippen LogP contribution in [0.3, 0.4) is 0 Å². The number of rotatable bonds is 6. The second kappa shape index (κ2) is 7.04. The summed E-state index contributed by atoms with van der Waals surface area (Å²) in [4.78, 5) is 17.0. The standard InChI is InChI=1S/C17H19N7O2/c18-17-21-13(10-7-11(25)8-10)9-14(22-17)20-6-4-15-23-16(24-26-15)12-3-1-2-5-19-12/h1-3,5,9-11,25H,4,6-8H2,(H3,18,20,21,22). The Bertz CT molecular complexity index is 878. The minimum atomic E-state index is -0.238. The van der Waals surface area contributed by atoms with Crippen molar-refractivity contribution in [2.75, 3.05) is 17.6 Å². The normalized spacial score (nSPS) is 19.1. The Hall–Kier alpha value is -3.07. The molecule has 4 N–H and O–H groups in total. The summed E-state index contributed by atoms with van der Waals surface area (Å²) in [6.45, 7) is 0.563. The highest BCUT2D eigenvalue weighted by Gasteiger charge is 2.30. The SMILES string of the molecule is Nc1nc(NCCc2nc(-c3ccccn3)no2)cc(C2CC(O)C2)n1. The quantitative estimate of drug-likeness (QED) is 0.600. The molecule has 0 aromatic carbocycles. The van der Waals surface area contributed by atoms with Gasteiger partial charge in [-0.05, 0) is 25.0 Å². The van der Waals surface area contributed by atoms with Crippen molar-refractivity contribution in [3.8, 4) is 11.5 Å². The lowest BCUT2D eigenvalue weighted by Gasteiger charge is -2.30. The Labute approximate surface area is 149 Å². The van der Waals surface area contributed by atoms with Gasteiger partial charge in [0.2, 0.25) is 17.7 Å². The van der Waals surface area contributed by atoms with Crippen LogP contribution in [0.1, 0.15) is 30.3 Å². The lowest BCUT2D eigenvalue weighted by molar-refractivity contribution is 0.0732. The molecule has 1 saturated carbocycles. The van der Waals surface area contributed by atoms with Crippen molar-refractivity contribution in [3.63, 3.8) is 0 Å². The van der Waals surface area contributed by atoms with Crippen LogP contribution < -0.4 is 11.1 Å². The van der Waals surface area contributed by atoms with E-state index in [1.54, 1.807) is 6.20 Å². The van der Waals surface area contributed by atoms with Crippen LogP contribution in [0, 0.1) is 0 Å². The molecule has 9 heteroatoms. The number of nitrogens with one attached hydrogen (secondary N) is 1. The van der Waals surface area contributed by atoms with Gasteiger partial charge in [0.05, 0.1) is 11.8 Å². The van der Waals surface area contributed by atoms with Gasteiger partial charge in [0.25, 0.3) is 0 Å². The maximum atomic E-state index is 9.45. The Morgan fingerprint density at radius 1 is 1.23 bits per heavy atom. The molecular formula is C17H19N7O2. The molecule has 1 fully saturated rings. The van der Waals surface area contributed by atoms with Gasteiger partial charge in [-0.2, -0.15) is 9.97 Å². The van der Waals surface area contributed by atoms with Crippen LogP contribution in [0.5, 0.6) is 0 Å². The van der Waals surface area contributed by atoms with Gasteiger partial charge in [-0.3, -0.25) is 4.98 Å². The van der Waals surface area contributed by atoms with Gasteiger partial charge in [-0.15, -0.1) is 0 Å². The van der Waals surface area contributed by atoms with Crippen molar-refractivity contribution in [1.82, 2.24) is 25.1 Å². The topological polar surface area (TPSA) is 136 Å². The smallest absolute Gasteiger partial charge is 0.228 e. The number of nitrogens with zero attached hydrogens (tertiary/aromatic N) is 5. The first-order valence-corrected chi connectivity index (χ1v) is 8.48. The molecule has 0 amide bonds. The molecule has 0 spiro atoms. The summed E-state index contributed by atoms with van der Waals surface area (Å²) in [6, 6.07) is 7.41. The highest BCUT2D eigenvalue weighted by molar-refractivity contribution is 5.47. The number of nitrogens with two attached hydrogens (primary N) is 1. The van der Waals surface area contributed by atoms with Crippen molar-refractivity contribution in [2.24, 2.45) is 0 Å². The maximum Gasteiger partial charge on any atom is 0.228 e. The highest BCUT2D eigenvalue weighted by Crippen LogP contribution is 2.36. The van der Waals surface area contributed by atoms with Crippen LogP contribution in [0.15, 0.2) is 35.0 Å². The molecule has 9 nitrogen and oxygen atoms in total. The Balaban J connectivity index is 1.36. The third-order valence-electron chi connectivity index (χ3n) is 4.30. The van der Waals surface area contributed by atoms with Gasteiger partial charge in [-0.1, -0.05) is 11.2 Å². The van der Waals surface area contributed by atoms with Crippen LogP contribution >= 0.6 is 0 Å². The van der Waals surface area contributed by atoms with Gasteiger partial charge in [0.15, 0.2) is 0 Å². The molecule has 0 unspecified atom stereocenters. The molecule has 4 rings (SSSR count). The van der Waals surface area contributed by atoms with E-state index in [-0.39, 0.29) is 18.0 Å². The zero-order valence-electron chi connectivity index (χ0n) is 14.0. The van der Waals surface area contributed by atoms with Gasteiger partial charge in [0, 0.05) is 31.1 Å². The zero-order chi connectivity index (χ0) is 17.9. The number of aliphatic hydroxyl groups excluding tert-OH is 1. The Morgan fingerprint density at radius 2 is 2.12 bits per heavy atom. The molecule has 0 saturated heterocycles. The second-order valence-electron chi connectivity index (χ2n) is 6.26. The first-order chi connectivity index (χ1) is 12.7. The summed E-state index contributed by atoms with van der Waals surface area (Å²) in [6.07, 6.45) is 3.42. The number of hydrogen-bond acceptors (Lipinski definition) is 9. The van der Waals surface area contributed by atoms with E-state index in [0.29, 0.717) is 49.0 Å². The third-order valence-corrected chi connectivity index (χ3v) is 4.30. The summed E-state index contributed by atoms with van der Waals surface area (Å²) in [5.74, 6) is 2.10. The van der Waals surface area contributed by atoms with Crippen molar-refractivity contribution in [2.45, 2.75) is 31.3 Å². The van der Waals surface area contributed by atoms with E-state index >= 15 is 0 Å². The Kier molecular flexibility index (Phi) is 4.44. The van der Waals surface area contributed by atoms with Crippen LogP contribution in [-0.2, 0) is 6.42 Å². The lowest BCUT2D eigenvalue weighted by atomic mass is 9.80. The summed E-state index contributed by atoms with van der Waals surface area (Å²) in [5.41, 5.74) is 7.32. The van der Waals surface area contributed by atoms with Crippen LogP contribution in [0.25, 0.3) is 11.5 Å². The first-order valence-electron chi connectivity index (χ1n) is 8.48. The molecule has 0 aliphatic heterocycles. The van der Waals surface area contributed by atoms with E-state index < -0.39 is 0 Å². The second-order valence-corrected chi connectivity index (χ2v) is 6.26. The molecule has 3 aromatic heterocycles. The molecule has 0 radical (unpaired) electrons. The van der Waals surface area contributed by atoms with Crippen molar-refractivity contribution in [1.29, 1.82) is 0 Å². The fraction of sp³-hybridized carbons (Fsp3) is 0.353. The molecule has 1 aliphatic rings. The lowest BCUT2D eigenvalue weighted by Crippen LogP contribution is -2.27. The number of anilines is 2. The molecule has 1 aliphatic carbocycles.